The number of aliphatic imine (C=N–C) groups is 1. The fraction of sp³-hybridized carbons (Fsp3) is 0.889. The molecule has 4 heteroatoms. The predicted molar refractivity (Wildman–Crippen MR) is 53.8 cm³/mol. The van der Waals surface area contributed by atoms with Crippen LogP contribution in [0.3, 0.4) is 0 Å². The van der Waals surface area contributed by atoms with Crippen molar-refractivity contribution in [3.8, 4) is 0 Å². The molecule has 1 heterocycles. The van der Waals surface area contributed by atoms with Crippen LogP contribution in [0.15, 0.2) is 4.99 Å². The monoisotopic (exact) mass is 185 g/mol. The van der Waals surface area contributed by atoms with Crippen molar-refractivity contribution in [3.63, 3.8) is 0 Å². The van der Waals surface area contributed by atoms with Crippen LogP contribution in [-0.2, 0) is 0 Å². The average Bonchev–Trinajstić information content (AvgIpc) is 2.52. The van der Waals surface area contributed by atoms with E-state index in [-0.39, 0.29) is 5.92 Å². The minimum Gasteiger partial charge on any atom is -0.388 e. The highest BCUT2D eigenvalue weighted by Crippen LogP contribution is 2.14. The van der Waals surface area contributed by atoms with Crippen LogP contribution < -0.4 is 10.6 Å². The van der Waals surface area contributed by atoms with Crippen molar-refractivity contribution >= 4 is 5.96 Å². The van der Waals surface area contributed by atoms with E-state index in [1.807, 2.05) is 20.8 Å². The van der Waals surface area contributed by atoms with E-state index in [2.05, 4.69) is 15.6 Å². The minimum absolute atomic E-state index is 0.238. The maximum atomic E-state index is 9.91. The molecule has 0 spiro atoms. The molecule has 76 valence electrons. The molecule has 0 aromatic rings. The highest BCUT2D eigenvalue weighted by Gasteiger charge is 2.25. The summed E-state index contributed by atoms with van der Waals surface area (Å²) in [6.45, 7) is 8.10. The molecule has 0 radical (unpaired) electrons. The van der Waals surface area contributed by atoms with E-state index in [4.69, 9.17) is 0 Å². The molecule has 1 aliphatic rings. The van der Waals surface area contributed by atoms with Gasteiger partial charge in [-0.15, -0.1) is 0 Å². The summed E-state index contributed by atoms with van der Waals surface area (Å²) in [6, 6.07) is 0. The van der Waals surface area contributed by atoms with E-state index in [1.54, 1.807) is 0 Å². The summed E-state index contributed by atoms with van der Waals surface area (Å²) in [5.74, 6) is 1.04. The van der Waals surface area contributed by atoms with Crippen molar-refractivity contribution in [2.45, 2.75) is 26.4 Å². The van der Waals surface area contributed by atoms with Gasteiger partial charge >= 0.3 is 0 Å². The first kappa shape index (κ1) is 10.3. The van der Waals surface area contributed by atoms with E-state index >= 15 is 0 Å². The Hall–Kier alpha value is -0.770. The van der Waals surface area contributed by atoms with Crippen molar-refractivity contribution in [3.05, 3.63) is 0 Å². The van der Waals surface area contributed by atoms with Crippen LogP contribution in [0.1, 0.15) is 20.8 Å². The summed E-state index contributed by atoms with van der Waals surface area (Å²) in [4.78, 5) is 4.18. The van der Waals surface area contributed by atoms with Gasteiger partial charge in [0.15, 0.2) is 5.96 Å². The molecule has 0 amide bonds. The van der Waals surface area contributed by atoms with E-state index in [9.17, 15) is 5.11 Å². The van der Waals surface area contributed by atoms with E-state index in [0.717, 1.165) is 19.0 Å². The Morgan fingerprint density at radius 1 is 1.69 bits per heavy atom. The van der Waals surface area contributed by atoms with Gasteiger partial charge in [0.1, 0.15) is 0 Å². The molecule has 0 saturated heterocycles. The van der Waals surface area contributed by atoms with Crippen LogP contribution in [-0.4, -0.2) is 36.3 Å². The summed E-state index contributed by atoms with van der Waals surface area (Å²) in [5.41, 5.74) is -0.674. The summed E-state index contributed by atoms with van der Waals surface area (Å²) < 4.78 is 0. The van der Waals surface area contributed by atoms with Crippen molar-refractivity contribution in [2.24, 2.45) is 10.9 Å². The van der Waals surface area contributed by atoms with Gasteiger partial charge in [0.05, 0.1) is 12.1 Å². The van der Waals surface area contributed by atoms with Crippen LogP contribution in [0, 0.1) is 5.92 Å². The molecule has 0 fully saturated rings. The van der Waals surface area contributed by atoms with Gasteiger partial charge in [0.2, 0.25) is 0 Å². The first-order valence-corrected chi connectivity index (χ1v) is 4.77. The minimum atomic E-state index is -0.674. The molecule has 1 unspecified atom stereocenters. The third-order valence-electron chi connectivity index (χ3n) is 2.53. The Balaban J connectivity index is 2.32. The van der Waals surface area contributed by atoms with Crippen LogP contribution in [0.25, 0.3) is 0 Å². The second-order valence-electron chi connectivity index (χ2n) is 4.02. The highest BCUT2D eigenvalue weighted by molar-refractivity contribution is 5.81. The van der Waals surface area contributed by atoms with Crippen molar-refractivity contribution in [1.29, 1.82) is 0 Å². The molecule has 0 aromatic heterocycles. The summed E-state index contributed by atoms with van der Waals surface area (Å²) >= 11 is 0. The second-order valence-corrected chi connectivity index (χ2v) is 4.02. The van der Waals surface area contributed by atoms with Crippen molar-refractivity contribution < 1.29 is 5.11 Å². The molecule has 0 saturated carbocycles. The van der Waals surface area contributed by atoms with E-state index < -0.39 is 5.60 Å². The van der Waals surface area contributed by atoms with Crippen LogP contribution in [0.4, 0.5) is 0 Å². The molecule has 1 aliphatic heterocycles. The first-order valence-electron chi connectivity index (χ1n) is 4.77. The molecular formula is C9H19N3O. The Labute approximate surface area is 79.4 Å². The number of nitrogens with one attached hydrogen (secondary N) is 2. The lowest BCUT2D eigenvalue weighted by Crippen LogP contribution is -2.46. The molecule has 1 atom stereocenters. The van der Waals surface area contributed by atoms with Gasteiger partial charge in [-0.1, -0.05) is 13.8 Å². The fourth-order valence-corrected chi connectivity index (χ4v) is 0.983. The van der Waals surface area contributed by atoms with E-state index in [0.29, 0.717) is 6.54 Å². The van der Waals surface area contributed by atoms with Gasteiger partial charge in [-0.25, -0.2) is 0 Å². The zero-order valence-corrected chi connectivity index (χ0v) is 8.59. The number of hydrogen-bond donors (Lipinski definition) is 3. The predicted octanol–water partition coefficient (Wildman–Crippen LogP) is -0.0578. The second kappa shape index (κ2) is 3.96. The van der Waals surface area contributed by atoms with Gasteiger partial charge in [-0.05, 0) is 12.8 Å². The maximum Gasteiger partial charge on any atom is 0.191 e. The lowest BCUT2D eigenvalue weighted by atomic mass is 9.93. The Bertz CT molecular complexity index is 199. The zero-order chi connectivity index (χ0) is 9.90. The third-order valence-corrected chi connectivity index (χ3v) is 2.53. The van der Waals surface area contributed by atoms with Gasteiger partial charge in [-0.2, -0.15) is 0 Å². The Kier molecular flexibility index (Phi) is 3.14. The molecule has 3 N–H and O–H groups in total. The third kappa shape index (κ3) is 2.88. The van der Waals surface area contributed by atoms with Gasteiger partial charge < -0.3 is 15.7 Å². The maximum absolute atomic E-state index is 9.91. The molecule has 13 heavy (non-hydrogen) atoms. The summed E-state index contributed by atoms with van der Waals surface area (Å²) in [6.07, 6.45) is 0. The van der Waals surface area contributed by atoms with E-state index in [1.165, 1.54) is 0 Å². The van der Waals surface area contributed by atoms with Crippen LogP contribution >= 0.6 is 0 Å². The average molecular weight is 185 g/mol. The number of aliphatic hydroxyl groups is 1. The lowest BCUT2D eigenvalue weighted by Gasteiger charge is -2.28. The topological polar surface area (TPSA) is 56.6 Å². The quantitative estimate of drug-likeness (QED) is 0.577. The van der Waals surface area contributed by atoms with Gasteiger partial charge in [0, 0.05) is 13.1 Å². The SMILES string of the molecule is CC(C)C(C)(O)CNC1=NCCN1. The molecule has 0 bridgehead atoms. The van der Waals surface area contributed by atoms with Crippen molar-refractivity contribution in [2.75, 3.05) is 19.6 Å². The van der Waals surface area contributed by atoms with Crippen LogP contribution in [0.2, 0.25) is 0 Å². The lowest BCUT2D eigenvalue weighted by molar-refractivity contribution is 0.0182. The summed E-state index contributed by atoms with van der Waals surface area (Å²) in [5, 5.41) is 16.1. The normalized spacial score (nSPS) is 20.8. The number of rotatable bonds is 3. The van der Waals surface area contributed by atoms with Gasteiger partial charge in [0.25, 0.3) is 0 Å². The Morgan fingerprint density at radius 2 is 2.38 bits per heavy atom. The van der Waals surface area contributed by atoms with Crippen molar-refractivity contribution in [1.82, 2.24) is 10.6 Å². The standard InChI is InChI=1S/C9H19N3O/c1-7(2)9(3,13)6-12-8-10-4-5-11-8/h7,13H,4-6H2,1-3H3,(H2,10,11,12). The van der Waals surface area contributed by atoms with Crippen LogP contribution in [0.5, 0.6) is 0 Å². The number of hydrogen-bond acceptors (Lipinski definition) is 4. The van der Waals surface area contributed by atoms with Gasteiger partial charge in [-0.3, -0.25) is 4.99 Å². The molecular weight excluding hydrogens is 166 g/mol. The number of nitrogens with zero attached hydrogens (tertiary/aromatic N) is 1. The molecule has 0 aliphatic carbocycles. The molecule has 1 rings (SSSR count). The largest absolute Gasteiger partial charge is 0.388 e. The zero-order valence-electron chi connectivity index (χ0n) is 8.59. The smallest absolute Gasteiger partial charge is 0.191 e. The first-order chi connectivity index (χ1) is 6.02. The molecule has 4 nitrogen and oxygen atoms in total. The molecule has 0 aromatic carbocycles. The number of guanidine groups is 1. The Morgan fingerprint density at radius 3 is 2.85 bits per heavy atom. The highest BCUT2D eigenvalue weighted by atomic mass is 16.3. The fourth-order valence-electron chi connectivity index (χ4n) is 0.983. The summed E-state index contributed by atoms with van der Waals surface area (Å²) in [7, 11) is 0.